The van der Waals surface area contributed by atoms with Crippen LogP contribution in [0, 0.1) is 5.82 Å². The van der Waals surface area contributed by atoms with Crippen LogP contribution in [0.3, 0.4) is 0 Å². The van der Waals surface area contributed by atoms with Crippen LogP contribution in [0.15, 0.2) is 55.1 Å². The van der Waals surface area contributed by atoms with E-state index in [4.69, 9.17) is 0 Å². The fourth-order valence-electron chi connectivity index (χ4n) is 2.94. The normalized spacial score (nSPS) is 12.2. The summed E-state index contributed by atoms with van der Waals surface area (Å²) in [6.45, 7) is 2.67. The maximum atomic E-state index is 14.2. The minimum Gasteiger partial charge on any atom is -0.392 e. The van der Waals surface area contributed by atoms with Crippen LogP contribution >= 0.6 is 0 Å². The van der Waals surface area contributed by atoms with Gasteiger partial charge in [-0.25, -0.2) is 13.9 Å². The van der Waals surface area contributed by atoms with Crippen molar-refractivity contribution in [3.8, 4) is 11.5 Å². The summed E-state index contributed by atoms with van der Waals surface area (Å²) in [7, 11) is 0. The molecular formula is C20H20FN7O. The van der Waals surface area contributed by atoms with Crippen molar-refractivity contribution >= 4 is 17.0 Å². The Kier molecular flexibility index (Phi) is 5.41. The number of anilines is 2. The van der Waals surface area contributed by atoms with Gasteiger partial charge in [-0.05, 0) is 36.8 Å². The maximum absolute atomic E-state index is 14.2. The number of pyridine rings is 2. The van der Waals surface area contributed by atoms with Gasteiger partial charge in [0.1, 0.15) is 11.2 Å². The fourth-order valence-corrected chi connectivity index (χ4v) is 2.94. The molecule has 3 N–H and O–H groups in total. The Labute approximate surface area is 166 Å². The first-order valence-corrected chi connectivity index (χ1v) is 9.17. The first-order chi connectivity index (χ1) is 14.1. The minimum atomic E-state index is -0.482. The van der Waals surface area contributed by atoms with Gasteiger partial charge in [-0.3, -0.25) is 9.97 Å². The lowest BCUT2D eigenvalue weighted by atomic mass is 10.2. The molecule has 0 fully saturated rings. The fraction of sp³-hybridized carbons (Fsp3) is 0.200. The maximum Gasteiger partial charge on any atom is 0.200 e. The topological polar surface area (TPSA) is 100 Å². The van der Waals surface area contributed by atoms with Crippen molar-refractivity contribution in [3.63, 3.8) is 0 Å². The Bertz CT molecular complexity index is 1110. The van der Waals surface area contributed by atoms with E-state index in [0.717, 1.165) is 11.8 Å². The smallest absolute Gasteiger partial charge is 0.200 e. The highest BCUT2D eigenvalue weighted by atomic mass is 19.1. The van der Waals surface area contributed by atoms with Crippen molar-refractivity contribution in [1.29, 1.82) is 0 Å². The summed E-state index contributed by atoms with van der Waals surface area (Å²) in [4.78, 5) is 12.7. The summed E-state index contributed by atoms with van der Waals surface area (Å²) in [5.74, 6) is 0.378. The Hall–Kier alpha value is -3.43. The van der Waals surface area contributed by atoms with Crippen molar-refractivity contribution in [2.24, 2.45) is 0 Å². The van der Waals surface area contributed by atoms with E-state index >= 15 is 0 Å². The molecule has 0 saturated carbocycles. The van der Waals surface area contributed by atoms with E-state index < -0.39 is 11.9 Å². The van der Waals surface area contributed by atoms with Gasteiger partial charge in [0, 0.05) is 31.7 Å². The third kappa shape index (κ3) is 4.20. The number of fused-ring (bicyclic) bond motifs is 1. The molecule has 0 saturated heterocycles. The molecule has 0 radical (unpaired) electrons. The standard InChI is InChI=1S/C20H20FN7O/c1-13(29)10-23-11-14-6-9-28-18(14)20(25-16-5-8-22-12-15(16)21)26-19(27-28)17-4-2-3-7-24-17/h2-9,12-13,23,29H,10-11H2,1H3,(H,22,25,26,27). The molecular weight excluding hydrogens is 373 g/mol. The molecule has 8 nitrogen and oxygen atoms in total. The van der Waals surface area contributed by atoms with Gasteiger partial charge in [-0.2, -0.15) is 0 Å². The number of hydrogen-bond donors (Lipinski definition) is 3. The van der Waals surface area contributed by atoms with Gasteiger partial charge in [0.2, 0.25) is 5.82 Å². The van der Waals surface area contributed by atoms with E-state index in [0.29, 0.717) is 35.9 Å². The largest absolute Gasteiger partial charge is 0.392 e. The first-order valence-electron chi connectivity index (χ1n) is 9.17. The van der Waals surface area contributed by atoms with Crippen molar-refractivity contribution in [3.05, 3.63) is 66.5 Å². The number of nitrogens with one attached hydrogen (secondary N) is 2. The first kappa shape index (κ1) is 18.9. The Morgan fingerprint density at radius 3 is 2.86 bits per heavy atom. The molecule has 4 rings (SSSR count). The lowest BCUT2D eigenvalue weighted by Gasteiger charge is -2.12. The molecule has 1 atom stereocenters. The number of halogens is 1. The summed E-state index contributed by atoms with van der Waals surface area (Å²) in [6, 6.07) is 8.94. The Balaban J connectivity index is 1.79. The molecule has 0 bridgehead atoms. The SMILES string of the molecule is CC(O)CNCc1ccn2nc(-c3ccccn3)nc(Nc3ccncc3F)c12. The van der Waals surface area contributed by atoms with E-state index in [-0.39, 0.29) is 5.69 Å². The molecule has 0 aliphatic carbocycles. The highest BCUT2D eigenvalue weighted by Crippen LogP contribution is 2.26. The molecule has 4 aromatic heterocycles. The number of aliphatic hydroxyl groups excluding tert-OH is 1. The molecule has 0 amide bonds. The van der Waals surface area contributed by atoms with E-state index in [2.05, 4.69) is 30.7 Å². The summed E-state index contributed by atoms with van der Waals surface area (Å²) >= 11 is 0. The van der Waals surface area contributed by atoms with Gasteiger partial charge in [-0.15, -0.1) is 5.10 Å². The van der Waals surface area contributed by atoms with Gasteiger partial charge in [-0.1, -0.05) is 6.07 Å². The second-order valence-corrected chi connectivity index (χ2v) is 6.59. The van der Waals surface area contributed by atoms with Gasteiger partial charge in [0.05, 0.1) is 18.0 Å². The molecule has 4 aromatic rings. The average Bonchev–Trinajstić information content (AvgIpc) is 3.13. The number of hydrogen-bond acceptors (Lipinski definition) is 7. The number of aliphatic hydroxyl groups is 1. The predicted octanol–water partition coefficient (Wildman–Crippen LogP) is 2.54. The van der Waals surface area contributed by atoms with Crippen LogP contribution < -0.4 is 10.6 Å². The molecule has 1 unspecified atom stereocenters. The number of aromatic nitrogens is 5. The van der Waals surface area contributed by atoms with Crippen LogP contribution in [0.25, 0.3) is 17.0 Å². The molecule has 0 aliphatic rings. The number of rotatable bonds is 7. The molecule has 4 heterocycles. The quantitative estimate of drug-likeness (QED) is 0.444. The zero-order valence-electron chi connectivity index (χ0n) is 15.7. The summed E-state index contributed by atoms with van der Waals surface area (Å²) in [6.07, 6.45) is 5.67. The van der Waals surface area contributed by atoms with Crippen LogP contribution in [-0.4, -0.2) is 42.3 Å². The second-order valence-electron chi connectivity index (χ2n) is 6.59. The third-order valence-corrected chi connectivity index (χ3v) is 4.27. The Morgan fingerprint density at radius 2 is 2.10 bits per heavy atom. The second kappa shape index (κ2) is 8.29. The summed E-state index contributed by atoms with van der Waals surface area (Å²) in [5.41, 5.74) is 2.49. The van der Waals surface area contributed by atoms with Crippen LogP contribution in [0.2, 0.25) is 0 Å². The van der Waals surface area contributed by atoms with Gasteiger partial charge >= 0.3 is 0 Å². The van der Waals surface area contributed by atoms with Crippen LogP contribution in [0.4, 0.5) is 15.9 Å². The molecule has 29 heavy (non-hydrogen) atoms. The van der Waals surface area contributed by atoms with Crippen LogP contribution in [0.1, 0.15) is 12.5 Å². The van der Waals surface area contributed by atoms with E-state index in [1.807, 2.05) is 30.5 Å². The van der Waals surface area contributed by atoms with Gasteiger partial charge in [0.25, 0.3) is 0 Å². The zero-order chi connectivity index (χ0) is 20.2. The zero-order valence-corrected chi connectivity index (χ0v) is 15.7. The summed E-state index contributed by atoms with van der Waals surface area (Å²) < 4.78 is 15.9. The lowest BCUT2D eigenvalue weighted by Crippen LogP contribution is -2.23. The Morgan fingerprint density at radius 1 is 1.21 bits per heavy atom. The van der Waals surface area contributed by atoms with E-state index in [1.165, 1.54) is 6.20 Å². The molecule has 0 aliphatic heterocycles. The third-order valence-electron chi connectivity index (χ3n) is 4.27. The van der Waals surface area contributed by atoms with Gasteiger partial charge in [0.15, 0.2) is 11.6 Å². The van der Waals surface area contributed by atoms with Crippen molar-refractivity contribution in [1.82, 2.24) is 29.9 Å². The van der Waals surface area contributed by atoms with E-state index in [9.17, 15) is 9.50 Å². The van der Waals surface area contributed by atoms with Crippen molar-refractivity contribution in [2.75, 3.05) is 11.9 Å². The van der Waals surface area contributed by atoms with Crippen molar-refractivity contribution < 1.29 is 9.50 Å². The van der Waals surface area contributed by atoms with Crippen LogP contribution in [0.5, 0.6) is 0 Å². The average molecular weight is 393 g/mol. The monoisotopic (exact) mass is 393 g/mol. The highest BCUT2D eigenvalue weighted by molar-refractivity contribution is 5.78. The molecule has 9 heteroatoms. The molecule has 0 aromatic carbocycles. The minimum absolute atomic E-state index is 0.261. The lowest BCUT2D eigenvalue weighted by molar-refractivity contribution is 0.191. The molecule has 0 spiro atoms. The number of nitrogens with zero attached hydrogens (tertiary/aromatic N) is 5. The van der Waals surface area contributed by atoms with E-state index in [1.54, 1.807) is 23.7 Å². The van der Waals surface area contributed by atoms with Crippen LogP contribution in [-0.2, 0) is 6.54 Å². The molecule has 148 valence electrons. The highest BCUT2D eigenvalue weighted by Gasteiger charge is 2.16. The van der Waals surface area contributed by atoms with Gasteiger partial charge < -0.3 is 15.7 Å². The van der Waals surface area contributed by atoms with Crippen molar-refractivity contribution in [2.45, 2.75) is 19.6 Å². The predicted molar refractivity (Wildman–Crippen MR) is 107 cm³/mol. The summed E-state index contributed by atoms with van der Waals surface area (Å²) in [5, 5.41) is 20.3.